The normalized spacial score (nSPS) is 21.8. The van der Waals surface area contributed by atoms with Gasteiger partial charge < -0.3 is 5.32 Å². The van der Waals surface area contributed by atoms with Gasteiger partial charge in [-0.25, -0.2) is 0 Å². The number of thiophene rings is 1. The van der Waals surface area contributed by atoms with E-state index in [9.17, 15) is 4.79 Å². The van der Waals surface area contributed by atoms with Gasteiger partial charge in [0.2, 0.25) is 0 Å². The van der Waals surface area contributed by atoms with Crippen LogP contribution in [0.5, 0.6) is 0 Å². The third-order valence-corrected chi connectivity index (χ3v) is 7.94. The fourth-order valence-electron chi connectivity index (χ4n) is 5.47. The zero-order valence-corrected chi connectivity index (χ0v) is 18.2. The summed E-state index contributed by atoms with van der Waals surface area (Å²) in [7, 11) is 0. The number of hydrogen-bond donors (Lipinski definition) is 1. The highest BCUT2D eigenvalue weighted by molar-refractivity contribution is 7.19. The summed E-state index contributed by atoms with van der Waals surface area (Å²) in [5.41, 5.74) is 7.31. The van der Waals surface area contributed by atoms with Crippen molar-refractivity contribution in [3.05, 3.63) is 81.4 Å². The van der Waals surface area contributed by atoms with E-state index >= 15 is 0 Å². The van der Waals surface area contributed by atoms with Crippen LogP contribution < -0.4 is 5.32 Å². The lowest BCUT2D eigenvalue weighted by atomic mass is 9.68. The van der Waals surface area contributed by atoms with E-state index in [1.807, 2.05) is 11.3 Å². The van der Waals surface area contributed by atoms with Gasteiger partial charge in [0.05, 0.1) is 5.92 Å². The van der Waals surface area contributed by atoms with Crippen LogP contribution in [0.15, 0.2) is 59.8 Å². The van der Waals surface area contributed by atoms with Crippen LogP contribution in [0.4, 0.5) is 5.69 Å². The van der Waals surface area contributed by atoms with E-state index in [1.54, 1.807) is 0 Å². The highest BCUT2D eigenvalue weighted by atomic mass is 32.1. The number of carbonyl (C=O) groups excluding carboxylic acids is 1. The minimum Gasteiger partial charge on any atom is -0.358 e. The van der Waals surface area contributed by atoms with E-state index in [1.165, 1.54) is 37.3 Å². The molecule has 0 bridgehead atoms. The Morgan fingerprint density at radius 2 is 2.00 bits per heavy atom. The molecule has 30 heavy (non-hydrogen) atoms. The van der Waals surface area contributed by atoms with Gasteiger partial charge in [0.1, 0.15) is 0 Å². The Labute approximate surface area is 182 Å². The van der Waals surface area contributed by atoms with Gasteiger partial charge in [-0.15, -0.1) is 11.3 Å². The summed E-state index contributed by atoms with van der Waals surface area (Å²) in [4.78, 5) is 14.8. The molecule has 6 rings (SSSR count). The molecule has 2 nitrogen and oxygen atoms in total. The van der Waals surface area contributed by atoms with Crippen molar-refractivity contribution in [1.29, 1.82) is 0 Å². The predicted octanol–water partition coefficient (Wildman–Crippen LogP) is 7.31. The van der Waals surface area contributed by atoms with Gasteiger partial charge in [0, 0.05) is 34.4 Å². The monoisotopic (exact) mass is 413 g/mol. The lowest BCUT2D eigenvalue weighted by Gasteiger charge is -2.40. The first-order valence-corrected chi connectivity index (χ1v) is 11.7. The van der Waals surface area contributed by atoms with Crippen LogP contribution in [0.1, 0.15) is 62.0 Å². The maximum Gasteiger partial charge on any atom is 0.162 e. The van der Waals surface area contributed by atoms with Gasteiger partial charge in [-0.1, -0.05) is 50.3 Å². The van der Waals surface area contributed by atoms with Crippen LogP contribution in [-0.4, -0.2) is 5.78 Å². The molecule has 1 atom stereocenters. The Morgan fingerprint density at radius 3 is 2.87 bits per heavy atom. The molecular weight excluding hydrogens is 386 g/mol. The number of Topliss-reactive ketones (excluding diaryl/α,β-unsaturated/α-hetero) is 1. The highest BCUT2D eigenvalue weighted by Crippen LogP contribution is 2.52. The number of nitrogens with one attached hydrogen (secondary N) is 1. The molecule has 1 aliphatic heterocycles. The number of hydrogen-bond acceptors (Lipinski definition) is 3. The molecule has 2 aromatic carbocycles. The Kier molecular flexibility index (Phi) is 3.88. The summed E-state index contributed by atoms with van der Waals surface area (Å²) >= 11 is 1.84. The zero-order valence-electron chi connectivity index (χ0n) is 17.4. The number of carbonyl (C=O) groups is 1. The maximum absolute atomic E-state index is 13.5. The van der Waals surface area contributed by atoms with E-state index in [-0.39, 0.29) is 12.8 Å². The Bertz CT molecular complexity index is 1250. The molecule has 152 valence electrons. The first kappa shape index (κ1) is 18.1. The van der Waals surface area contributed by atoms with Crippen molar-refractivity contribution < 1.29 is 6.22 Å². The molecule has 0 amide bonds. The average Bonchev–Trinajstić information content (AvgIpc) is 3.15. The van der Waals surface area contributed by atoms with Gasteiger partial charge >= 0.3 is 0 Å². The summed E-state index contributed by atoms with van der Waals surface area (Å²) < 4.78 is 1.29. The number of benzene rings is 2. The average molecular weight is 414 g/mol. The molecule has 3 heteroatoms. The second kappa shape index (κ2) is 6.42. The second-order valence-corrected chi connectivity index (χ2v) is 10.7. The van der Waals surface area contributed by atoms with Gasteiger partial charge in [-0.05, 0) is 65.0 Å². The summed E-state index contributed by atoms with van der Waals surface area (Å²) in [6, 6.07) is 15.4. The minimum absolute atomic E-state index is 0. The van der Waals surface area contributed by atoms with Crippen molar-refractivity contribution in [2.75, 3.05) is 5.32 Å². The summed E-state index contributed by atoms with van der Waals surface area (Å²) in [5.74, 6) is 0.328. The smallest absolute Gasteiger partial charge is 0.162 e. The summed E-state index contributed by atoms with van der Waals surface area (Å²) in [5, 5.41) is 4.97. The first-order chi connectivity index (χ1) is 14.5. The number of allylic oxidation sites excluding steroid dienone is 3. The van der Waals surface area contributed by atoms with Crippen LogP contribution in [0.3, 0.4) is 0 Å². The largest absolute Gasteiger partial charge is 0.358 e. The van der Waals surface area contributed by atoms with E-state index in [4.69, 9.17) is 0 Å². The van der Waals surface area contributed by atoms with Crippen molar-refractivity contribution >= 4 is 39.0 Å². The van der Waals surface area contributed by atoms with Crippen LogP contribution in [0, 0.1) is 5.41 Å². The lowest BCUT2D eigenvalue weighted by molar-refractivity contribution is -0.118. The Morgan fingerprint density at radius 1 is 1.13 bits per heavy atom. The minimum atomic E-state index is -0.000750. The van der Waals surface area contributed by atoms with Gasteiger partial charge in [0.25, 0.3) is 0 Å². The third-order valence-electron chi connectivity index (χ3n) is 6.75. The standard InChI is InChI=1S/C27H25NOS.H2/c1-27(2)14-20-25(21(29)15-27)26(23-13-17-8-4-6-10-22(17)30-23)24-18-9-5-3-7-16(18)11-12-19(24)28-20;/h4-6,8-13,26,28H,3,7,14-15H2,1-2H3;1H. The van der Waals surface area contributed by atoms with Crippen LogP contribution in [0.2, 0.25) is 0 Å². The Hall–Kier alpha value is -2.65. The van der Waals surface area contributed by atoms with E-state index in [2.05, 4.69) is 73.8 Å². The van der Waals surface area contributed by atoms with Crippen molar-refractivity contribution in [2.45, 2.75) is 45.4 Å². The van der Waals surface area contributed by atoms with Crippen molar-refractivity contribution in [2.24, 2.45) is 5.41 Å². The fourth-order valence-corrected chi connectivity index (χ4v) is 6.66. The van der Waals surface area contributed by atoms with Crippen LogP contribution >= 0.6 is 11.3 Å². The highest BCUT2D eigenvalue weighted by Gasteiger charge is 2.42. The molecule has 0 fully saturated rings. The zero-order chi connectivity index (χ0) is 20.5. The molecule has 3 aromatic rings. The van der Waals surface area contributed by atoms with Gasteiger partial charge in [0.15, 0.2) is 5.78 Å². The molecule has 0 saturated heterocycles. The molecule has 1 N–H and O–H groups in total. The summed E-state index contributed by atoms with van der Waals surface area (Å²) in [6.07, 6.45) is 8.26. The number of fused-ring (bicyclic) bond motifs is 4. The van der Waals surface area contributed by atoms with Crippen molar-refractivity contribution in [3.63, 3.8) is 0 Å². The lowest BCUT2D eigenvalue weighted by Crippen LogP contribution is -2.34. The van der Waals surface area contributed by atoms with Crippen molar-refractivity contribution in [3.8, 4) is 0 Å². The number of anilines is 1. The van der Waals surface area contributed by atoms with E-state index in [0.717, 1.165) is 30.5 Å². The molecule has 1 unspecified atom stereocenters. The third kappa shape index (κ3) is 2.72. The first-order valence-electron chi connectivity index (χ1n) is 10.8. The SMILES string of the molecule is CC1(C)CC(=O)C2=C(C1)Nc1ccc3c(c1C2c1cc2ccccc2s1)C=CCC3.[HH]. The number of rotatable bonds is 1. The topological polar surface area (TPSA) is 29.1 Å². The summed E-state index contributed by atoms with van der Waals surface area (Å²) in [6.45, 7) is 4.41. The molecule has 3 aliphatic rings. The molecule has 2 aliphatic carbocycles. The molecule has 1 aromatic heterocycles. The molecule has 0 spiro atoms. The molecule has 2 heterocycles. The molecule has 0 saturated carbocycles. The number of ketones is 1. The fraction of sp³-hybridized carbons (Fsp3) is 0.296. The second-order valence-electron chi connectivity index (χ2n) is 9.62. The van der Waals surface area contributed by atoms with Crippen molar-refractivity contribution in [1.82, 2.24) is 0 Å². The van der Waals surface area contributed by atoms with Gasteiger partial charge in [-0.2, -0.15) is 0 Å². The van der Waals surface area contributed by atoms with Crippen LogP contribution in [0.25, 0.3) is 16.2 Å². The van der Waals surface area contributed by atoms with Crippen LogP contribution in [-0.2, 0) is 11.2 Å². The predicted molar refractivity (Wildman–Crippen MR) is 128 cm³/mol. The van der Waals surface area contributed by atoms with E-state index in [0.29, 0.717) is 12.2 Å². The quantitative estimate of drug-likeness (QED) is 0.453. The van der Waals surface area contributed by atoms with Gasteiger partial charge in [-0.3, -0.25) is 4.79 Å². The number of aryl methyl sites for hydroxylation is 1. The molecular formula is C27H27NOS. The maximum atomic E-state index is 13.5. The van der Waals surface area contributed by atoms with E-state index < -0.39 is 0 Å². The Balaban J connectivity index is 0.00000204. The molecule has 0 radical (unpaired) electrons.